The SMILES string of the molecule is CCCCc1ccc(OCC(O)CCNC(CCCCCCC(=O)OC)COC2CCCCO2)cc1. The Balaban J connectivity index is 1.66. The maximum atomic E-state index is 11.2. The number of benzene rings is 1. The van der Waals surface area contributed by atoms with Crippen molar-refractivity contribution in [3.8, 4) is 5.75 Å². The number of esters is 1. The number of methoxy groups -OCH3 is 1. The van der Waals surface area contributed by atoms with E-state index in [0.29, 0.717) is 26.0 Å². The second-order valence-electron chi connectivity index (χ2n) is 9.81. The van der Waals surface area contributed by atoms with E-state index in [4.69, 9.17) is 18.9 Å². The molecule has 1 aromatic rings. The number of hydrogen-bond acceptors (Lipinski definition) is 7. The first kappa shape index (κ1) is 30.6. The Labute approximate surface area is 218 Å². The second kappa shape index (κ2) is 19.4. The second-order valence-corrected chi connectivity index (χ2v) is 9.81. The zero-order valence-corrected chi connectivity index (χ0v) is 22.6. The standard InChI is InChI=1S/C29H49NO6/c1-3-4-11-24-15-17-27(18-16-24)35-23-26(31)19-20-30-25(22-36-29-14-9-10-21-34-29)12-7-5-6-8-13-28(32)33-2/h15-18,25-26,29-31H,3-14,19-23H2,1-2H3. The van der Waals surface area contributed by atoms with E-state index in [1.165, 1.54) is 25.5 Å². The van der Waals surface area contributed by atoms with Gasteiger partial charge in [0.25, 0.3) is 0 Å². The van der Waals surface area contributed by atoms with Gasteiger partial charge in [0.1, 0.15) is 12.4 Å². The van der Waals surface area contributed by atoms with Crippen LogP contribution in [0, 0.1) is 0 Å². The fraction of sp³-hybridized carbons (Fsp3) is 0.759. The normalized spacial score (nSPS) is 17.5. The summed E-state index contributed by atoms with van der Waals surface area (Å²) < 4.78 is 22.2. The minimum absolute atomic E-state index is 0.101. The first-order valence-corrected chi connectivity index (χ1v) is 14.0. The lowest BCUT2D eigenvalue weighted by molar-refractivity contribution is -0.166. The van der Waals surface area contributed by atoms with Crippen molar-refractivity contribution in [2.45, 2.75) is 109 Å². The number of unbranched alkanes of at least 4 members (excludes halogenated alkanes) is 4. The summed E-state index contributed by atoms with van der Waals surface area (Å²) >= 11 is 0. The quantitative estimate of drug-likeness (QED) is 0.186. The van der Waals surface area contributed by atoms with Gasteiger partial charge in [-0.15, -0.1) is 0 Å². The molecule has 0 aromatic heterocycles. The predicted molar refractivity (Wildman–Crippen MR) is 142 cm³/mol. The number of rotatable bonds is 20. The van der Waals surface area contributed by atoms with Crippen LogP contribution < -0.4 is 10.1 Å². The van der Waals surface area contributed by atoms with Crippen molar-refractivity contribution in [2.75, 3.05) is 33.5 Å². The van der Waals surface area contributed by atoms with Crippen molar-refractivity contribution in [3.63, 3.8) is 0 Å². The van der Waals surface area contributed by atoms with E-state index >= 15 is 0 Å². The molecule has 206 valence electrons. The molecule has 1 aliphatic rings. The van der Waals surface area contributed by atoms with Gasteiger partial charge in [-0.05, 0) is 75.6 Å². The molecule has 0 aliphatic carbocycles. The summed E-state index contributed by atoms with van der Waals surface area (Å²) in [6.45, 7) is 4.56. The van der Waals surface area contributed by atoms with Crippen molar-refractivity contribution in [2.24, 2.45) is 0 Å². The van der Waals surface area contributed by atoms with Crippen LogP contribution in [0.25, 0.3) is 0 Å². The molecule has 7 nitrogen and oxygen atoms in total. The zero-order chi connectivity index (χ0) is 25.8. The van der Waals surface area contributed by atoms with Crippen molar-refractivity contribution >= 4 is 5.97 Å². The van der Waals surface area contributed by atoms with Crippen LogP contribution in [-0.2, 0) is 25.4 Å². The summed E-state index contributed by atoms with van der Waals surface area (Å²) in [5.41, 5.74) is 1.32. The highest BCUT2D eigenvalue weighted by Crippen LogP contribution is 2.16. The van der Waals surface area contributed by atoms with Gasteiger partial charge in [-0.1, -0.05) is 44.7 Å². The third kappa shape index (κ3) is 14.2. The van der Waals surface area contributed by atoms with Crippen molar-refractivity contribution in [3.05, 3.63) is 29.8 Å². The number of ether oxygens (including phenoxy) is 4. The number of carbonyl (C=O) groups is 1. The van der Waals surface area contributed by atoms with Crippen LogP contribution in [0.4, 0.5) is 0 Å². The topological polar surface area (TPSA) is 86.3 Å². The highest BCUT2D eigenvalue weighted by atomic mass is 16.7. The van der Waals surface area contributed by atoms with Gasteiger partial charge >= 0.3 is 5.97 Å². The molecule has 2 N–H and O–H groups in total. The third-order valence-electron chi connectivity index (χ3n) is 6.63. The molecule has 0 saturated carbocycles. The largest absolute Gasteiger partial charge is 0.491 e. The first-order valence-electron chi connectivity index (χ1n) is 14.0. The number of aryl methyl sites for hydroxylation is 1. The Morgan fingerprint density at radius 1 is 1.08 bits per heavy atom. The molecule has 0 spiro atoms. The Morgan fingerprint density at radius 2 is 1.89 bits per heavy atom. The molecule has 0 amide bonds. The number of aliphatic hydroxyl groups is 1. The van der Waals surface area contributed by atoms with Crippen LogP contribution in [0.5, 0.6) is 5.75 Å². The van der Waals surface area contributed by atoms with Crippen LogP contribution in [0.1, 0.15) is 89.5 Å². The maximum absolute atomic E-state index is 11.2. The highest BCUT2D eigenvalue weighted by Gasteiger charge is 2.17. The maximum Gasteiger partial charge on any atom is 0.305 e. The Bertz CT molecular complexity index is 677. The molecule has 1 fully saturated rings. The molecule has 0 bridgehead atoms. The van der Waals surface area contributed by atoms with E-state index in [2.05, 4.69) is 24.4 Å². The molecule has 1 aliphatic heterocycles. The van der Waals surface area contributed by atoms with Crippen molar-refractivity contribution in [1.82, 2.24) is 5.32 Å². The summed E-state index contributed by atoms with van der Waals surface area (Å²) in [7, 11) is 1.43. The zero-order valence-electron chi connectivity index (χ0n) is 22.6. The van der Waals surface area contributed by atoms with E-state index in [0.717, 1.165) is 70.1 Å². The molecule has 2 rings (SSSR count). The van der Waals surface area contributed by atoms with E-state index < -0.39 is 6.10 Å². The summed E-state index contributed by atoms with van der Waals surface area (Å²) in [5.74, 6) is 0.662. The average molecular weight is 508 g/mol. The smallest absolute Gasteiger partial charge is 0.305 e. The lowest BCUT2D eigenvalue weighted by atomic mass is 10.1. The van der Waals surface area contributed by atoms with Gasteiger partial charge < -0.3 is 29.4 Å². The molecule has 3 atom stereocenters. The Hall–Kier alpha value is -1.67. The summed E-state index contributed by atoms with van der Waals surface area (Å²) in [5, 5.41) is 14.0. The number of nitrogens with one attached hydrogen (secondary N) is 1. The van der Waals surface area contributed by atoms with Gasteiger partial charge in [-0.3, -0.25) is 4.79 Å². The van der Waals surface area contributed by atoms with E-state index in [1.54, 1.807) is 0 Å². The molecular weight excluding hydrogens is 458 g/mol. The fourth-order valence-electron chi connectivity index (χ4n) is 4.29. The molecular formula is C29H49NO6. The van der Waals surface area contributed by atoms with Crippen molar-refractivity contribution < 1.29 is 28.8 Å². The lowest BCUT2D eigenvalue weighted by Crippen LogP contribution is -2.38. The van der Waals surface area contributed by atoms with Gasteiger partial charge in [0.15, 0.2) is 6.29 Å². The first-order chi connectivity index (χ1) is 17.6. The summed E-state index contributed by atoms with van der Waals surface area (Å²) in [6.07, 6.45) is 12.2. The molecule has 0 radical (unpaired) electrons. The van der Waals surface area contributed by atoms with Gasteiger partial charge in [0.05, 0.1) is 19.8 Å². The summed E-state index contributed by atoms with van der Waals surface area (Å²) in [6, 6.07) is 8.40. The number of hydrogen-bond donors (Lipinski definition) is 2. The lowest BCUT2D eigenvalue weighted by Gasteiger charge is -2.26. The molecule has 1 saturated heterocycles. The number of aliphatic hydroxyl groups excluding tert-OH is 1. The van der Waals surface area contributed by atoms with Gasteiger partial charge in [-0.2, -0.15) is 0 Å². The Kier molecular flexibility index (Phi) is 16.5. The third-order valence-corrected chi connectivity index (χ3v) is 6.63. The van der Waals surface area contributed by atoms with E-state index in [-0.39, 0.29) is 24.9 Å². The molecule has 7 heteroatoms. The molecule has 1 heterocycles. The highest BCUT2D eigenvalue weighted by molar-refractivity contribution is 5.68. The van der Waals surface area contributed by atoms with Crippen LogP contribution in [0.3, 0.4) is 0 Å². The Morgan fingerprint density at radius 3 is 2.61 bits per heavy atom. The van der Waals surface area contributed by atoms with Crippen LogP contribution >= 0.6 is 0 Å². The van der Waals surface area contributed by atoms with Gasteiger partial charge in [-0.25, -0.2) is 0 Å². The van der Waals surface area contributed by atoms with Crippen LogP contribution in [-0.4, -0.2) is 63.0 Å². The van der Waals surface area contributed by atoms with Crippen molar-refractivity contribution in [1.29, 1.82) is 0 Å². The minimum Gasteiger partial charge on any atom is -0.491 e. The van der Waals surface area contributed by atoms with Gasteiger partial charge in [0, 0.05) is 19.1 Å². The average Bonchev–Trinajstić information content (AvgIpc) is 2.91. The van der Waals surface area contributed by atoms with E-state index in [1.807, 2.05) is 12.1 Å². The monoisotopic (exact) mass is 507 g/mol. The van der Waals surface area contributed by atoms with Crippen LogP contribution in [0.15, 0.2) is 24.3 Å². The predicted octanol–water partition coefficient (Wildman–Crippen LogP) is 5.17. The molecule has 1 aromatic carbocycles. The molecule has 3 unspecified atom stereocenters. The minimum atomic E-state index is -0.529. The molecule has 36 heavy (non-hydrogen) atoms. The summed E-state index contributed by atoms with van der Waals surface area (Å²) in [4.78, 5) is 11.2. The van der Waals surface area contributed by atoms with Gasteiger partial charge in [0.2, 0.25) is 0 Å². The van der Waals surface area contributed by atoms with Crippen LogP contribution in [0.2, 0.25) is 0 Å². The van der Waals surface area contributed by atoms with E-state index in [9.17, 15) is 9.90 Å². The fourth-order valence-corrected chi connectivity index (χ4v) is 4.29. The number of carbonyl (C=O) groups excluding carboxylic acids is 1.